The number of amides is 1. The minimum atomic E-state index is -0.447. The Balaban J connectivity index is 1.19. The lowest BCUT2D eigenvalue weighted by Gasteiger charge is -2.61. The molecule has 0 radical (unpaired) electrons. The second-order valence-electron chi connectivity index (χ2n) is 11.4. The van der Waals surface area contributed by atoms with Gasteiger partial charge in [0.15, 0.2) is 5.82 Å². The normalized spacial score (nSPS) is 28.0. The van der Waals surface area contributed by atoms with Gasteiger partial charge >= 0.3 is 5.82 Å². The quantitative estimate of drug-likeness (QED) is 0.266. The Morgan fingerprint density at radius 1 is 1.24 bits per heavy atom. The largest absolute Gasteiger partial charge is 0.404 e. The van der Waals surface area contributed by atoms with Crippen molar-refractivity contribution in [3.8, 4) is 0 Å². The molecule has 4 saturated carbocycles. The van der Waals surface area contributed by atoms with Crippen LogP contribution < -0.4 is 5.32 Å². The van der Waals surface area contributed by atoms with Crippen LogP contribution in [0.1, 0.15) is 56.2 Å². The number of nitrogens with zero attached hydrogens (tertiary/aromatic N) is 5. The van der Waals surface area contributed by atoms with Gasteiger partial charge in [0.2, 0.25) is 5.91 Å². The molecular formula is C26H28BrClN6O3. The summed E-state index contributed by atoms with van der Waals surface area (Å²) in [7, 11) is 0. The molecule has 0 spiro atoms. The van der Waals surface area contributed by atoms with Gasteiger partial charge < -0.3 is 15.4 Å². The Bertz CT molecular complexity index is 1390. The van der Waals surface area contributed by atoms with E-state index in [0.717, 1.165) is 43.4 Å². The molecule has 2 heterocycles. The van der Waals surface area contributed by atoms with Crippen LogP contribution >= 0.6 is 27.5 Å². The molecule has 1 amide bonds. The third kappa shape index (κ3) is 4.58. The monoisotopic (exact) mass is 586 g/mol. The van der Waals surface area contributed by atoms with Gasteiger partial charge in [0, 0.05) is 23.2 Å². The Morgan fingerprint density at radius 2 is 2.00 bits per heavy atom. The SMILES string of the molecule is Cc1cc(NC(=O)CC23CC4CC(C2)CC(n2cc(Br)c([N+](=O)[O-])n2)(C4)C3)nn1Cc1cccc(Cl)c1. The van der Waals surface area contributed by atoms with Gasteiger partial charge in [0.05, 0.1) is 23.4 Å². The van der Waals surface area contributed by atoms with Crippen molar-refractivity contribution in [1.29, 1.82) is 0 Å². The third-order valence-electron chi connectivity index (χ3n) is 8.47. The molecule has 4 aliphatic carbocycles. The molecule has 2 aromatic heterocycles. The van der Waals surface area contributed by atoms with Crippen LogP contribution in [0.2, 0.25) is 5.02 Å². The highest BCUT2D eigenvalue weighted by Crippen LogP contribution is 2.65. The Hall–Kier alpha value is -2.72. The van der Waals surface area contributed by atoms with Crippen LogP contribution in [-0.2, 0) is 16.9 Å². The molecule has 2 unspecified atom stereocenters. The zero-order valence-electron chi connectivity index (χ0n) is 20.5. The topological polar surface area (TPSA) is 108 Å². The molecule has 4 aliphatic rings. The summed E-state index contributed by atoms with van der Waals surface area (Å²) in [6.45, 7) is 2.54. The first-order chi connectivity index (χ1) is 17.6. The van der Waals surface area contributed by atoms with Crippen LogP contribution in [0.25, 0.3) is 0 Å². The van der Waals surface area contributed by atoms with E-state index in [1.54, 1.807) is 6.20 Å². The Labute approximate surface area is 227 Å². The number of halogens is 2. The number of rotatable bonds is 7. The van der Waals surface area contributed by atoms with E-state index in [1.807, 2.05) is 46.6 Å². The standard InChI is InChI=1S/C26H28BrClN6O3/c1-16-5-22(30-32(16)13-17-3-2-4-20(28)7-17)29-23(35)12-25-8-18-6-19(9-25)11-26(10-18,15-25)33-14-21(27)24(31-33)34(36)37/h2-5,7,14,18-19H,6,8-13,15H2,1H3,(H,29,30,35). The lowest BCUT2D eigenvalue weighted by Crippen LogP contribution is -2.57. The fourth-order valence-corrected chi connectivity index (χ4v) is 8.29. The van der Waals surface area contributed by atoms with Crippen molar-refractivity contribution in [1.82, 2.24) is 19.6 Å². The highest BCUT2D eigenvalue weighted by atomic mass is 79.9. The average molecular weight is 588 g/mol. The molecule has 37 heavy (non-hydrogen) atoms. The number of aryl methyl sites for hydroxylation is 1. The number of nitro groups is 1. The Morgan fingerprint density at radius 3 is 2.68 bits per heavy atom. The molecule has 0 saturated heterocycles. The first-order valence-electron chi connectivity index (χ1n) is 12.6. The van der Waals surface area contributed by atoms with Gasteiger partial charge in [-0.2, -0.15) is 9.78 Å². The van der Waals surface area contributed by atoms with Crippen LogP contribution in [0.4, 0.5) is 11.6 Å². The van der Waals surface area contributed by atoms with E-state index in [9.17, 15) is 14.9 Å². The van der Waals surface area contributed by atoms with Crippen molar-refractivity contribution in [2.24, 2.45) is 17.3 Å². The van der Waals surface area contributed by atoms with E-state index in [4.69, 9.17) is 11.6 Å². The highest BCUT2D eigenvalue weighted by molar-refractivity contribution is 9.10. The van der Waals surface area contributed by atoms with Gasteiger partial charge in [-0.3, -0.25) is 9.48 Å². The summed E-state index contributed by atoms with van der Waals surface area (Å²) in [5, 5.41) is 24.1. The van der Waals surface area contributed by atoms with Crippen molar-refractivity contribution < 1.29 is 9.72 Å². The first kappa shape index (κ1) is 24.6. The van der Waals surface area contributed by atoms with Crippen molar-refractivity contribution in [3.63, 3.8) is 0 Å². The van der Waals surface area contributed by atoms with E-state index < -0.39 is 4.92 Å². The molecule has 7 rings (SSSR count). The number of carbonyl (C=O) groups is 1. The summed E-state index contributed by atoms with van der Waals surface area (Å²) in [5.41, 5.74) is 1.60. The Kier molecular flexibility index (Phi) is 5.95. The van der Waals surface area contributed by atoms with E-state index >= 15 is 0 Å². The summed E-state index contributed by atoms with van der Waals surface area (Å²) >= 11 is 9.44. The summed E-state index contributed by atoms with van der Waals surface area (Å²) in [5.74, 6) is 1.39. The zero-order chi connectivity index (χ0) is 25.9. The zero-order valence-corrected chi connectivity index (χ0v) is 22.8. The number of nitrogens with one attached hydrogen (secondary N) is 1. The fourth-order valence-electron chi connectivity index (χ4n) is 7.65. The first-order valence-corrected chi connectivity index (χ1v) is 13.8. The molecule has 1 N–H and O–H groups in total. The minimum absolute atomic E-state index is 0.0304. The maximum absolute atomic E-state index is 13.3. The molecule has 11 heteroatoms. The van der Waals surface area contributed by atoms with E-state index in [0.29, 0.717) is 40.1 Å². The predicted octanol–water partition coefficient (Wildman–Crippen LogP) is 6.08. The summed E-state index contributed by atoms with van der Waals surface area (Å²) < 4.78 is 4.10. The van der Waals surface area contributed by atoms with Crippen LogP contribution in [0.5, 0.6) is 0 Å². The number of anilines is 1. The van der Waals surface area contributed by atoms with Crippen molar-refractivity contribution in [3.05, 3.63) is 67.4 Å². The van der Waals surface area contributed by atoms with Crippen LogP contribution in [-0.4, -0.2) is 30.4 Å². The molecule has 1 aromatic carbocycles. The molecule has 194 valence electrons. The van der Waals surface area contributed by atoms with Crippen LogP contribution in [0.3, 0.4) is 0 Å². The summed E-state index contributed by atoms with van der Waals surface area (Å²) in [6, 6.07) is 9.56. The molecule has 4 fully saturated rings. The summed E-state index contributed by atoms with van der Waals surface area (Å²) in [4.78, 5) is 24.3. The van der Waals surface area contributed by atoms with E-state index in [1.165, 1.54) is 6.42 Å². The number of aromatic nitrogens is 4. The van der Waals surface area contributed by atoms with Crippen LogP contribution in [0.15, 0.2) is 41.0 Å². The van der Waals surface area contributed by atoms with Gasteiger partial charge in [-0.15, -0.1) is 0 Å². The second kappa shape index (κ2) is 8.94. The highest BCUT2D eigenvalue weighted by Gasteiger charge is 2.60. The van der Waals surface area contributed by atoms with Gasteiger partial charge in [0.1, 0.15) is 4.47 Å². The van der Waals surface area contributed by atoms with Crippen molar-refractivity contribution in [2.45, 2.75) is 64.0 Å². The fraction of sp³-hybridized carbons (Fsp3) is 0.500. The molecule has 4 bridgehead atoms. The lowest BCUT2D eigenvalue weighted by atomic mass is 9.46. The third-order valence-corrected chi connectivity index (χ3v) is 9.26. The second-order valence-corrected chi connectivity index (χ2v) is 12.7. The number of hydrogen-bond donors (Lipinski definition) is 1. The molecule has 3 aromatic rings. The van der Waals surface area contributed by atoms with E-state index in [2.05, 4.69) is 31.4 Å². The van der Waals surface area contributed by atoms with Gasteiger partial charge in [-0.05, 0) is 101 Å². The van der Waals surface area contributed by atoms with Crippen molar-refractivity contribution in [2.75, 3.05) is 5.32 Å². The molecule has 2 atom stereocenters. The minimum Gasteiger partial charge on any atom is -0.358 e. The maximum atomic E-state index is 13.3. The van der Waals surface area contributed by atoms with Crippen LogP contribution in [0, 0.1) is 34.3 Å². The molecule has 9 nitrogen and oxygen atoms in total. The smallest absolute Gasteiger partial charge is 0.358 e. The predicted molar refractivity (Wildman–Crippen MR) is 142 cm³/mol. The van der Waals surface area contributed by atoms with Crippen molar-refractivity contribution >= 4 is 45.1 Å². The van der Waals surface area contributed by atoms with E-state index in [-0.39, 0.29) is 22.7 Å². The van der Waals surface area contributed by atoms with Gasteiger partial charge in [-0.1, -0.05) is 23.7 Å². The molecular weight excluding hydrogens is 560 g/mol. The van der Waals surface area contributed by atoms with Gasteiger partial charge in [-0.25, -0.2) is 0 Å². The summed E-state index contributed by atoms with van der Waals surface area (Å²) in [6.07, 6.45) is 8.13. The average Bonchev–Trinajstić information content (AvgIpc) is 3.35. The molecule has 0 aliphatic heterocycles. The number of benzene rings is 1. The number of carbonyl (C=O) groups excluding carboxylic acids is 1. The lowest BCUT2D eigenvalue weighted by molar-refractivity contribution is -0.390. The van der Waals surface area contributed by atoms with Gasteiger partial charge in [0.25, 0.3) is 0 Å². The maximum Gasteiger partial charge on any atom is 0.404 e. The number of hydrogen-bond acceptors (Lipinski definition) is 5.